The van der Waals surface area contributed by atoms with Crippen LogP contribution in [-0.2, 0) is 0 Å². The van der Waals surface area contributed by atoms with E-state index in [1.54, 1.807) is 18.5 Å². The highest BCUT2D eigenvalue weighted by atomic mass is 16.6. The third-order valence-corrected chi connectivity index (χ3v) is 4.58. The molecule has 1 unspecified atom stereocenters. The molecule has 0 aliphatic heterocycles. The van der Waals surface area contributed by atoms with E-state index >= 15 is 0 Å². The van der Waals surface area contributed by atoms with E-state index in [9.17, 15) is 10.1 Å². The van der Waals surface area contributed by atoms with Crippen LogP contribution in [0.4, 0.5) is 11.4 Å². The molecule has 5 nitrogen and oxygen atoms in total. The fourth-order valence-electron chi connectivity index (χ4n) is 3.24. The summed E-state index contributed by atoms with van der Waals surface area (Å²) >= 11 is 0. The van der Waals surface area contributed by atoms with Gasteiger partial charge >= 0.3 is 0 Å². The van der Waals surface area contributed by atoms with Crippen LogP contribution in [0.1, 0.15) is 33.1 Å². The van der Waals surface area contributed by atoms with Gasteiger partial charge in [0.05, 0.1) is 10.3 Å². The number of nitro benzene ring substituents is 1. The van der Waals surface area contributed by atoms with Crippen molar-refractivity contribution in [1.82, 2.24) is 4.98 Å². The number of nitrogens with one attached hydrogen (secondary N) is 1. The number of rotatable bonds is 3. The Morgan fingerprint density at radius 3 is 2.81 bits per heavy atom. The molecular formula is C16H19N3O2. The first-order valence-corrected chi connectivity index (χ1v) is 7.27. The highest BCUT2D eigenvalue weighted by Crippen LogP contribution is 2.40. The molecule has 2 aromatic rings. The predicted octanol–water partition coefficient (Wildman–Crippen LogP) is 4.13. The molecule has 0 radical (unpaired) electrons. The van der Waals surface area contributed by atoms with E-state index in [0.717, 1.165) is 17.5 Å². The van der Waals surface area contributed by atoms with E-state index in [2.05, 4.69) is 24.1 Å². The van der Waals surface area contributed by atoms with Gasteiger partial charge in [0.25, 0.3) is 5.69 Å². The maximum atomic E-state index is 11.1. The number of non-ortho nitro benzene ring substituents is 1. The van der Waals surface area contributed by atoms with Crippen molar-refractivity contribution in [3.8, 4) is 0 Å². The number of benzene rings is 1. The Morgan fingerprint density at radius 2 is 2.14 bits per heavy atom. The lowest BCUT2D eigenvalue weighted by atomic mass is 9.87. The summed E-state index contributed by atoms with van der Waals surface area (Å²) in [6, 6.07) is 5.62. The number of hydrogen-bond donors (Lipinski definition) is 1. The number of anilines is 1. The van der Waals surface area contributed by atoms with Crippen LogP contribution >= 0.6 is 0 Å². The molecular weight excluding hydrogens is 266 g/mol. The molecule has 1 aromatic carbocycles. The normalized spacial score (nSPS) is 20.6. The SMILES string of the molecule is CC1(C)CCCC1Nc1ccc([N+](=O)[O-])c2cnccc12. The lowest BCUT2D eigenvalue weighted by Crippen LogP contribution is -2.30. The first kappa shape index (κ1) is 13.8. The fourth-order valence-corrected chi connectivity index (χ4v) is 3.24. The number of fused-ring (bicyclic) bond motifs is 1. The first-order chi connectivity index (χ1) is 9.99. The monoisotopic (exact) mass is 285 g/mol. The van der Waals surface area contributed by atoms with Crippen LogP contribution < -0.4 is 5.32 Å². The molecule has 3 rings (SSSR count). The average Bonchev–Trinajstić information content (AvgIpc) is 2.78. The molecule has 1 aromatic heterocycles. The van der Waals surface area contributed by atoms with E-state index in [1.807, 2.05) is 12.1 Å². The minimum atomic E-state index is -0.354. The smallest absolute Gasteiger partial charge is 0.278 e. The van der Waals surface area contributed by atoms with Crippen LogP contribution in [0, 0.1) is 15.5 Å². The number of hydrogen-bond acceptors (Lipinski definition) is 4. The zero-order valence-electron chi connectivity index (χ0n) is 12.3. The molecule has 0 spiro atoms. The van der Waals surface area contributed by atoms with Gasteiger partial charge in [0, 0.05) is 35.6 Å². The highest BCUT2D eigenvalue weighted by Gasteiger charge is 2.34. The number of nitrogens with zero attached hydrogens (tertiary/aromatic N) is 2. The Bertz CT molecular complexity index is 697. The van der Waals surface area contributed by atoms with Gasteiger partial charge in [-0.15, -0.1) is 0 Å². The van der Waals surface area contributed by atoms with Gasteiger partial charge in [-0.1, -0.05) is 20.3 Å². The topological polar surface area (TPSA) is 68.1 Å². The summed E-state index contributed by atoms with van der Waals surface area (Å²) in [6.07, 6.45) is 6.81. The largest absolute Gasteiger partial charge is 0.381 e. The lowest BCUT2D eigenvalue weighted by molar-refractivity contribution is -0.383. The molecule has 5 heteroatoms. The minimum Gasteiger partial charge on any atom is -0.381 e. The molecule has 0 bridgehead atoms. The molecule has 110 valence electrons. The fraction of sp³-hybridized carbons (Fsp3) is 0.438. The van der Waals surface area contributed by atoms with Crippen LogP contribution in [0.5, 0.6) is 0 Å². The van der Waals surface area contributed by atoms with Gasteiger partial charge in [-0.3, -0.25) is 15.1 Å². The number of aromatic nitrogens is 1. The lowest BCUT2D eigenvalue weighted by Gasteiger charge is -2.29. The summed E-state index contributed by atoms with van der Waals surface area (Å²) < 4.78 is 0. The molecule has 0 amide bonds. The summed E-state index contributed by atoms with van der Waals surface area (Å²) in [6.45, 7) is 4.54. The predicted molar refractivity (Wildman–Crippen MR) is 83.4 cm³/mol. The second-order valence-electron chi connectivity index (χ2n) is 6.39. The van der Waals surface area contributed by atoms with Gasteiger partial charge in [-0.2, -0.15) is 0 Å². The molecule has 0 saturated heterocycles. The molecule has 1 saturated carbocycles. The molecule has 1 N–H and O–H groups in total. The molecule has 21 heavy (non-hydrogen) atoms. The standard InChI is InChI=1S/C16H19N3O2/c1-16(2)8-3-4-15(16)18-13-5-6-14(19(20)21)12-10-17-9-7-11(12)13/h5-7,9-10,15,18H,3-4,8H2,1-2H3. The zero-order chi connectivity index (χ0) is 15.0. The summed E-state index contributed by atoms with van der Waals surface area (Å²) in [4.78, 5) is 14.8. The molecule has 1 atom stereocenters. The summed E-state index contributed by atoms with van der Waals surface area (Å²) in [5, 5.41) is 16.2. The average molecular weight is 285 g/mol. The van der Waals surface area contributed by atoms with E-state index in [-0.39, 0.29) is 16.0 Å². The van der Waals surface area contributed by atoms with Gasteiger partial charge in [0.1, 0.15) is 0 Å². The number of nitro groups is 1. The third kappa shape index (κ3) is 2.44. The van der Waals surface area contributed by atoms with E-state index in [4.69, 9.17) is 0 Å². The quantitative estimate of drug-likeness (QED) is 0.680. The van der Waals surface area contributed by atoms with Crippen molar-refractivity contribution in [2.75, 3.05) is 5.32 Å². The van der Waals surface area contributed by atoms with Crippen LogP contribution in [0.25, 0.3) is 10.8 Å². The molecule has 1 fully saturated rings. The summed E-state index contributed by atoms with van der Waals surface area (Å²) in [7, 11) is 0. The molecule has 1 aliphatic rings. The highest BCUT2D eigenvalue weighted by molar-refractivity contribution is 5.99. The van der Waals surface area contributed by atoms with Crippen molar-refractivity contribution in [2.24, 2.45) is 5.41 Å². The van der Waals surface area contributed by atoms with Crippen LogP contribution in [0.2, 0.25) is 0 Å². The van der Waals surface area contributed by atoms with E-state index < -0.39 is 0 Å². The maximum Gasteiger partial charge on any atom is 0.278 e. The first-order valence-electron chi connectivity index (χ1n) is 7.27. The second-order valence-corrected chi connectivity index (χ2v) is 6.39. The summed E-state index contributed by atoms with van der Waals surface area (Å²) in [5.74, 6) is 0. The van der Waals surface area contributed by atoms with Gasteiger partial charge in [-0.25, -0.2) is 0 Å². The zero-order valence-corrected chi connectivity index (χ0v) is 12.3. The van der Waals surface area contributed by atoms with E-state index in [0.29, 0.717) is 11.4 Å². The van der Waals surface area contributed by atoms with Crippen molar-refractivity contribution >= 4 is 22.1 Å². The van der Waals surface area contributed by atoms with Crippen LogP contribution in [-0.4, -0.2) is 15.9 Å². The van der Waals surface area contributed by atoms with E-state index in [1.165, 1.54) is 12.8 Å². The second kappa shape index (κ2) is 4.98. The molecule has 1 heterocycles. The van der Waals surface area contributed by atoms with Gasteiger partial charge in [0.15, 0.2) is 0 Å². The Kier molecular flexibility index (Phi) is 3.27. The molecule has 1 aliphatic carbocycles. The van der Waals surface area contributed by atoms with Gasteiger partial charge in [-0.05, 0) is 30.4 Å². The van der Waals surface area contributed by atoms with Crippen molar-refractivity contribution in [1.29, 1.82) is 0 Å². The van der Waals surface area contributed by atoms with Crippen molar-refractivity contribution in [3.05, 3.63) is 40.7 Å². The van der Waals surface area contributed by atoms with Crippen molar-refractivity contribution < 1.29 is 4.92 Å². The van der Waals surface area contributed by atoms with Gasteiger partial charge in [0.2, 0.25) is 0 Å². The Labute approximate surface area is 123 Å². The third-order valence-electron chi connectivity index (χ3n) is 4.58. The Balaban J connectivity index is 2.04. The number of pyridine rings is 1. The minimum absolute atomic E-state index is 0.106. The summed E-state index contributed by atoms with van der Waals surface area (Å²) in [5.41, 5.74) is 1.31. The van der Waals surface area contributed by atoms with Crippen LogP contribution in [0.3, 0.4) is 0 Å². The van der Waals surface area contributed by atoms with Gasteiger partial charge < -0.3 is 5.32 Å². The van der Waals surface area contributed by atoms with Crippen LogP contribution in [0.15, 0.2) is 30.6 Å². The Morgan fingerprint density at radius 1 is 1.33 bits per heavy atom. The Hall–Kier alpha value is -2.17. The van der Waals surface area contributed by atoms with Crippen molar-refractivity contribution in [2.45, 2.75) is 39.2 Å². The maximum absolute atomic E-state index is 11.1. The van der Waals surface area contributed by atoms with Crippen molar-refractivity contribution in [3.63, 3.8) is 0 Å².